The van der Waals surface area contributed by atoms with Gasteiger partial charge in [0, 0.05) is 62.7 Å². The van der Waals surface area contributed by atoms with E-state index in [9.17, 15) is 14.4 Å². The van der Waals surface area contributed by atoms with Crippen molar-refractivity contribution in [3.05, 3.63) is 33.7 Å². The fraction of sp³-hybridized carbons (Fsp3) is 0.579. The normalized spacial score (nSPS) is 15.0. The van der Waals surface area contributed by atoms with E-state index in [2.05, 4.69) is 9.88 Å². The first-order valence-electron chi connectivity index (χ1n) is 9.83. The van der Waals surface area contributed by atoms with Crippen LogP contribution in [0.25, 0.3) is 4.96 Å². The molecule has 0 unspecified atom stereocenters. The van der Waals surface area contributed by atoms with E-state index in [4.69, 9.17) is 0 Å². The van der Waals surface area contributed by atoms with Crippen molar-refractivity contribution in [1.82, 2.24) is 24.1 Å². The summed E-state index contributed by atoms with van der Waals surface area (Å²) in [7, 11) is 0. The number of carbonyl (C=O) groups is 2. The zero-order valence-electron chi connectivity index (χ0n) is 16.9. The second kappa shape index (κ2) is 10.2. The first-order chi connectivity index (χ1) is 14.0. The molecule has 158 valence electrons. The highest BCUT2D eigenvalue weighted by Gasteiger charge is 2.23. The molecular formula is C19H27N5O3S2. The second-order valence-corrected chi connectivity index (χ2v) is 8.72. The number of amides is 2. The van der Waals surface area contributed by atoms with E-state index in [0.717, 1.165) is 26.2 Å². The summed E-state index contributed by atoms with van der Waals surface area (Å²) in [6, 6.07) is 1.53. The van der Waals surface area contributed by atoms with Crippen molar-refractivity contribution >= 4 is 39.9 Å². The summed E-state index contributed by atoms with van der Waals surface area (Å²) in [6.45, 7) is 8.58. The van der Waals surface area contributed by atoms with E-state index in [-0.39, 0.29) is 17.4 Å². The molecule has 29 heavy (non-hydrogen) atoms. The van der Waals surface area contributed by atoms with Gasteiger partial charge in [0.1, 0.15) is 0 Å². The number of rotatable bonds is 8. The number of thioether (sulfide) groups is 1. The number of hydrogen-bond donors (Lipinski definition) is 0. The van der Waals surface area contributed by atoms with E-state index >= 15 is 0 Å². The number of piperazine rings is 1. The number of nitrogens with zero attached hydrogens (tertiary/aromatic N) is 5. The van der Waals surface area contributed by atoms with E-state index in [1.165, 1.54) is 33.6 Å². The lowest BCUT2D eigenvalue weighted by molar-refractivity contribution is -0.133. The largest absolute Gasteiger partial charge is 0.342 e. The number of hydrogen-bond acceptors (Lipinski definition) is 7. The van der Waals surface area contributed by atoms with Crippen LogP contribution in [-0.4, -0.2) is 87.5 Å². The molecule has 0 aromatic carbocycles. The van der Waals surface area contributed by atoms with Crippen molar-refractivity contribution in [3.63, 3.8) is 0 Å². The van der Waals surface area contributed by atoms with Crippen LogP contribution in [0, 0.1) is 0 Å². The van der Waals surface area contributed by atoms with Crippen molar-refractivity contribution in [3.8, 4) is 0 Å². The van der Waals surface area contributed by atoms with Crippen molar-refractivity contribution < 1.29 is 9.59 Å². The first kappa shape index (κ1) is 21.8. The van der Waals surface area contributed by atoms with Crippen LogP contribution in [0.2, 0.25) is 0 Å². The predicted molar refractivity (Wildman–Crippen MR) is 116 cm³/mol. The van der Waals surface area contributed by atoms with Crippen LogP contribution >= 0.6 is 23.1 Å². The van der Waals surface area contributed by atoms with E-state index in [0.29, 0.717) is 41.8 Å². The van der Waals surface area contributed by atoms with E-state index in [1.807, 2.05) is 29.0 Å². The molecule has 2 amide bonds. The van der Waals surface area contributed by atoms with Crippen molar-refractivity contribution in [2.75, 3.05) is 51.6 Å². The molecule has 1 fully saturated rings. The maximum absolute atomic E-state index is 12.5. The van der Waals surface area contributed by atoms with Gasteiger partial charge in [-0.05, 0) is 13.8 Å². The SMILES string of the molecule is CCN(CC)C(=O)CN1CCN(C(=O)CSCc2cc(=O)n3ccsc3n2)CC1. The minimum absolute atomic E-state index is 0.0893. The maximum Gasteiger partial charge on any atom is 0.258 e. The van der Waals surface area contributed by atoms with Gasteiger partial charge in [-0.15, -0.1) is 23.1 Å². The lowest BCUT2D eigenvalue weighted by atomic mass is 10.3. The zero-order chi connectivity index (χ0) is 20.8. The number of aromatic nitrogens is 2. The van der Waals surface area contributed by atoms with Crippen molar-refractivity contribution in [2.45, 2.75) is 19.6 Å². The molecule has 1 saturated heterocycles. The Hall–Kier alpha value is -1.91. The van der Waals surface area contributed by atoms with Gasteiger partial charge in [0.25, 0.3) is 5.56 Å². The molecule has 0 spiro atoms. The minimum atomic E-state index is -0.0893. The number of fused-ring (bicyclic) bond motifs is 1. The molecule has 8 nitrogen and oxygen atoms in total. The van der Waals surface area contributed by atoms with Crippen LogP contribution in [0.5, 0.6) is 0 Å². The Balaban J connectivity index is 1.41. The third kappa shape index (κ3) is 5.58. The molecule has 1 aliphatic rings. The molecule has 0 radical (unpaired) electrons. The van der Waals surface area contributed by atoms with Crippen LogP contribution < -0.4 is 5.56 Å². The number of thiazole rings is 1. The summed E-state index contributed by atoms with van der Waals surface area (Å²) in [4.78, 5) is 47.7. The second-order valence-electron chi connectivity index (χ2n) is 6.86. The highest BCUT2D eigenvalue weighted by molar-refractivity contribution is 7.99. The van der Waals surface area contributed by atoms with Gasteiger partial charge in [0.15, 0.2) is 4.96 Å². The third-order valence-corrected chi connectivity index (χ3v) is 6.74. The summed E-state index contributed by atoms with van der Waals surface area (Å²) < 4.78 is 1.52. The van der Waals surface area contributed by atoms with Crippen LogP contribution in [0.1, 0.15) is 19.5 Å². The summed E-state index contributed by atoms with van der Waals surface area (Å²) in [5.41, 5.74) is 0.614. The lowest BCUT2D eigenvalue weighted by Gasteiger charge is -2.35. The Morgan fingerprint density at radius 3 is 2.62 bits per heavy atom. The van der Waals surface area contributed by atoms with Crippen LogP contribution in [0.3, 0.4) is 0 Å². The minimum Gasteiger partial charge on any atom is -0.342 e. The van der Waals surface area contributed by atoms with Crippen molar-refractivity contribution in [1.29, 1.82) is 0 Å². The molecule has 0 N–H and O–H groups in total. The van der Waals surface area contributed by atoms with Gasteiger partial charge in [0.05, 0.1) is 18.0 Å². The molecule has 3 heterocycles. The predicted octanol–water partition coefficient (Wildman–Crippen LogP) is 1.00. The lowest BCUT2D eigenvalue weighted by Crippen LogP contribution is -2.52. The monoisotopic (exact) mass is 437 g/mol. The van der Waals surface area contributed by atoms with Crippen molar-refractivity contribution in [2.24, 2.45) is 0 Å². The highest BCUT2D eigenvalue weighted by atomic mass is 32.2. The maximum atomic E-state index is 12.5. The van der Waals surface area contributed by atoms with Gasteiger partial charge >= 0.3 is 0 Å². The Labute approximate surface area is 178 Å². The average Bonchev–Trinajstić information content (AvgIpc) is 3.19. The van der Waals surface area contributed by atoms with E-state index < -0.39 is 0 Å². The summed E-state index contributed by atoms with van der Waals surface area (Å²) in [5, 5.41) is 1.83. The molecule has 10 heteroatoms. The molecule has 0 aliphatic carbocycles. The molecule has 2 aromatic heterocycles. The highest BCUT2D eigenvalue weighted by Crippen LogP contribution is 2.14. The number of likely N-dealkylation sites (N-methyl/N-ethyl adjacent to an activating group) is 1. The van der Waals surface area contributed by atoms with E-state index in [1.54, 1.807) is 6.20 Å². The van der Waals surface area contributed by atoms with Gasteiger partial charge in [-0.3, -0.25) is 23.7 Å². The zero-order valence-corrected chi connectivity index (χ0v) is 18.5. The molecule has 3 rings (SSSR count). The first-order valence-corrected chi connectivity index (χ1v) is 11.9. The fourth-order valence-corrected chi connectivity index (χ4v) is 4.87. The summed E-state index contributed by atoms with van der Waals surface area (Å²) >= 11 is 2.90. The molecule has 0 atom stereocenters. The molecule has 0 saturated carbocycles. The molecular weight excluding hydrogens is 410 g/mol. The summed E-state index contributed by atoms with van der Waals surface area (Å²) in [6.07, 6.45) is 1.71. The van der Waals surface area contributed by atoms with Gasteiger partial charge < -0.3 is 9.80 Å². The van der Waals surface area contributed by atoms with Gasteiger partial charge in [-0.2, -0.15) is 0 Å². The fourth-order valence-electron chi connectivity index (χ4n) is 3.32. The van der Waals surface area contributed by atoms with Gasteiger partial charge in [-0.25, -0.2) is 4.98 Å². The Morgan fingerprint density at radius 1 is 1.21 bits per heavy atom. The smallest absolute Gasteiger partial charge is 0.258 e. The van der Waals surface area contributed by atoms with Crippen LogP contribution in [-0.2, 0) is 15.3 Å². The molecule has 1 aliphatic heterocycles. The summed E-state index contributed by atoms with van der Waals surface area (Å²) in [5.74, 6) is 1.15. The standard InChI is InChI=1S/C19H27N5O3S2/c1-3-22(4-2)17(26)12-21-5-7-23(8-6-21)18(27)14-28-13-15-11-16(25)24-9-10-29-19(24)20-15/h9-11H,3-8,12-14H2,1-2H3. The quantitative estimate of drug-likeness (QED) is 0.613. The van der Waals surface area contributed by atoms with Crippen LogP contribution in [0.4, 0.5) is 0 Å². The Kier molecular flexibility index (Phi) is 7.68. The van der Waals surface area contributed by atoms with Gasteiger partial charge in [0.2, 0.25) is 11.8 Å². The average molecular weight is 438 g/mol. The topological polar surface area (TPSA) is 78.2 Å². The Morgan fingerprint density at radius 2 is 1.93 bits per heavy atom. The Bertz CT molecular complexity index is 901. The van der Waals surface area contributed by atoms with Crippen LogP contribution in [0.15, 0.2) is 22.4 Å². The van der Waals surface area contributed by atoms with Gasteiger partial charge in [-0.1, -0.05) is 0 Å². The number of carbonyl (C=O) groups excluding carboxylic acids is 2. The third-order valence-electron chi connectivity index (χ3n) is 5.03. The molecule has 0 bridgehead atoms. The molecule has 2 aromatic rings.